The van der Waals surface area contributed by atoms with Gasteiger partial charge in [0.25, 0.3) is 0 Å². The molecular formula is C13H21N3O. The largest absolute Gasteiger partial charge is 0.495 e. The van der Waals surface area contributed by atoms with E-state index in [1.54, 1.807) is 13.3 Å². The third-order valence-electron chi connectivity index (χ3n) is 3.43. The molecule has 1 aromatic rings. The molecule has 0 saturated carbocycles. The van der Waals surface area contributed by atoms with Gasteiger partial charge < -0.3 is 4.74 Å². The van der Waals surface area contributed by atoms with Crippen LogP contribution in [0.25, 0.3) is 0 Å². The van der Waals surface area contributed by atoms with Gasteiger partial charge in [0.1, 0.15) is 5.75 Å². The van der Waals surface area contributed by atoms with Gasteiger partial charge in [0.2, 0.25) is 0 Å². The molecule has 0 unspecified atom stereocenters. The second kappa shape index (κ2) is 5.98. The minimum Gasteiger partial charge on any atom is -0.495 e. The second-order valence-corrected chi connectivity index (χ2v) is 4.52. The van der Waals surface area contributed by atoms with Crippen molar-refractivity contribution >= 4 is 0 Å². The van der Waals surface area contributed by atoms with E-state index in [1.807, 2.05) is 13.2 Å². The highest BCUT2D eigenvalue weighted by Gasteiger charge is 2.19. The van der Waals surface area contributed by atoms with E-state index < -0.39 is 0 Å². The Kier molecular flexibility index (Phi) is 4.34. The maximum atomic E-state index is 5.24. The number of aromatic nitrogens is 1. The fourth-order valence-electron chi connectivity index (χ4n) is 2.39. The van der Waals surface area contributed by atoms with Crippen LogP contribution in [0.3, 0.4) is 0 Å². The Hall–Kier alpha value is -1.13. The number of rotatable bonds is 3. The standard InChI is InChI=1S/C13H21N3O/c1-14-16-6-4-3-5-11(10-16)12-7-13(17-2)9-15-8-12/h7-9,11,14H,3-6,10H2,1-2H3/t11-/m1/s1. The number of pyridine rings is 1. The Morgan fingerprint density at radius 1 is 1.41 bits per heavy atom. The molecule has 94 valence electrons. The van der Waals surface area contributed by atoms with E-state index in [-0.39, 0.29) is 0 Å². The molecule has 0 aromatic carbocycles. The number of hydrazine groups is 1. The van der Waals surface area contributed by atoms with Gasteiger partial charge in [-0.05, 0) is 37.4 Å². The quantitative estimate of drug-likeness (QED) is 0.867. The fraction of sp³-hybridized carbons (Fsp3) is 0.615. The van der Waals surface area contributed by atoms with Crippen LogP contribution in [0.4, 0.5) is 0 Å². The average Bonchev–Trinajstić information content (AvgIpc) is 2.64. The zero-order valence-electron chi connectivity index (χ0n) is 10.6. The van der Waals surface area contributed by atoms with Gasteiger partial charge in [-0.25, -0.2) is 5.01 Å². The van der Waals surface area contributed by atoms with E-state index in [0.29, 0.717) is 5.92 Å². The van der Waals surface area contributed by atoms with Crippen LogP contribution < -0.4 is 10.2 Å². The summed E-state index contributed by atoms with van der Waals surface area (Å²) in [6, 6.07) is 2.11. The Morgan fingerprint density at radius 3 is 3.06 bits per heavy atom. The monoisotopic (exact) mass is 235 g/mol. The average molecular weight is 235 g/mol. The number of hydrogen-bond acceptors (Lipinski definition) is 4. The predicted octanol–water partition coefficient (Wildman–Crippen LogP) is 1.79. The van der Waals surface area contributed by atoms with Crippen molar-refractivity contribution in [2.24, 2.45) is 0 Å². The van der Waals surface area contributed by atoms with Crippen molar-refractivity contribution in [3.05, 3.63) is 24.0 Å². The summed E-state index contributed by atoms with van der Waals surface area (Å²) in [5.41, 5.74) is 4.54. The molecule has 0 bridgehead atoms. The van der Waals surface area contributed by atoms with E-state index in [0.717, 1.165) is 18.8 Å². The van der Waals surface area contributed by atoms with Crippen LogP contribution in [0.1, 0.15) is 30.7 Å². The Labute approximate surface area is 103 Å². The lowest BCUT2D eigenvalue weighted by molar-refractivity contribution is 0.207. The molecule has 0 spiro atoms. The third kappa shape index (κ3) is 3.17. The number of nitrogens with one attached hydrogen (secondary N) is 1. The zero-order chi connectivity index (χ0) is 12.1. The van der Waals surface area contributed by atoms with Gasteiger partial charge in [0, 0.05) is 19.3 Å². The summed E-state index contributed by atoms with van der Waals surface area (Å²) in [5, 5.41) is 2.29. The van der Waals surface area contributed by atoms with Gasteiger partial charge in [-0.15, -0.1) is 0 Å². The Morgan fingerprint density at radius 2 is 2.29 bits per heavy atom. The lowest BCUT2D eigenvalue weighted by atomic mass is 9.96. The highest BCUT2D eigenvalue weighted by atomic mass is 16.5. The van der Waals surface area contributed by atoms with Crippen molar-refractivity contribution in [3.8, 4) is 5.75 Å². The van der Waals surface area contributed by atoms with Crippen LogP contribution in [0.5, 0.6) is 5.75 Å². The highest BCUT2D eigenvalue weighted by molar-refractivity contribution is 5.26. The predicted molar refractivity (Wildman–Crippen MR) is 68.0 cm³/mol. The molecule has 1 aliphatic rings. The van der Waals surface area contributed by atoms with Crippen LogP contribution in [-0.2, 0) is 0 Å². The van der Waals surface area contributed by atoms with Crippen LogP contribution in [0.2, 0.25) is 0 Å². The van der Waals surface area contributed by atoms with Gasteiger partial charge in [-0.3, -0.25) is 10.4 Å². The minimum atomic E-state index is 0.549. The van der Waals surface area contributed by atoms with E-state index in [9.17, 15) is 0 Å². The number of hydrogen-bond donors (Lipinski definition) is 1. The Balaban J connectivity index is 2.13. The SMILES string of the molecule is CNN1CCCC[C@@H](c2cncc(OC)c2)C1. The molecule has 17 heavy (non-hydrogen) atoms. The van der Waals surface area contributed by atoms with Crippen molar-refractivity contribution in [3.63, 3.8) is 0 Å². The van der Waals surface area contributed by atoms with Gasteiger partial charge in [-0.1, -0.05) is 6.42 Å². The first-order valence-electron chi connectivity index (χ1n) is 6.24. The van der Waals surface area contributed by atoms with Crippen molar-refractivity contribution in [2.75, 3.05) is 27.2 Å². The number of nitrogens with zero attached hydrogens (tertiary/aromatic N) is 2. The summed E-state index contributed by atoms with van der Waals surface area (Å²) in [4.78, 5) is 4.25. The third-order valence-corrected chi connectivity index (χ3v) is 3.43. The summed E-state index contributed by atoms with van der Waals surface area (Å²) in [7, 11) is 3.68. The van der Waals surface area contributed by atoms with E-state index in [1.165, 1.54) is 24.8 Å². The maximum absolute atomic E-state index is 5.24. The number of methoxy groups -OCH3 is 1. The zero-order valence-corrected chi connectivity index (χ0v) is 10.6. The van der Waals surface area contributed by atoms with Crippen molar-refractivity contribution in [1.29, 1.82) is 0 Å². The second-order valence-electron chi connectivity index (χ2n) is 4.52. The molecule has 1 fully saturated rings. The van der Waals surface area contributed by atoms with Crippen LogP contribution in [-0.4, -0.2) is 37.2 Å². The molecule has 0 aliphatic carbocycles. The molecule has 1 atom stereocenters. The maximum Gasteiger partial charge on any atom is 0.137 e. The lowest BCUT2D eigenvalue weighted by Crippen LogP contribution is -2.37. The molecule has 4 heteroatoms. The van der Waals surface area contributed by atoms with Crippen molar-refractivity contribution in [1.82, 2.24) is 15.4 Å². The van der Waals surface area contributed by atoms with E-state index >= 15 is 0 Å². The molecule has 1 N–H and O–H groups in total. The molecule has 4 nitrogen and oxygen atoms in total. The molecule has 1 saturated heterocycles. The number of ether oxygens (including phenoxy) is 1. The summed E-state index contributed by atoms with van der Waals surface area (Å²) in [6.07, 6.45) is 7.49. The molecular weight excluding hydrogens is 214 g/mol. The van der Waals surface area contributed by atoms with Crippen molar-refractivity contribution in [2.45, 2.75) is 25.2 Å². The van der Waals surface area contributed by atoms with Gasteiger partial charge in [0.05, 0.1) is 13.3 Å². The van der Waals surface area contributed by atoms with Crippen LogP contribution >= 0.6 is 0 Å². The molecule has 1 aliphatic heterocycles. The first-order chi connectivity index (χ1) is 8.33. The topological polar surface area (TPSA) is 37.4 Å². The lowest BCUT2D eigenvalue weighted by Gasteiger charge is -2.23. The first-order valence-corrected chi connectivity index (χ1v) is 6.24. The van der Waals surface area contributed by atoms with Crippen LogP contribution in [0.15, 0.2) is 18.5 Å². The van der Waals surface area contributed by atoms with Gasteiger partial charge >= 0.3 is 0 Å². The molecule has 1 aromatic heterocycles. The summed E-state index contributed by atoms with van der Waals surface area (Å²) in [6.45, 7) is 2.18. The fourth-order valence-corrected chi connectivity index (χ4v) is 2.39. The van der Waals surface area contributed by atoms with Crippen LogP contribution in [0, 0.1) is 0 Å². The van der Waals surface area contributed by atoms with Gasteiger partial charge in [-0.2, -0.15) is 0 Å². The summed E-state index contributed by atoms with van der Waals surface area (Å²) in [5.74, 6) is 1.40. The van der Waals surface area contributed by atoms with Gasteiger partial charge in [0.15, 0.2) is 0 Å². The Bertz CT molecular complexity index is 356. The molecule has 2 rings (SSSR count). The van der Waals surface area contributed by atoms with E-state index in [4.69, 9.17) is 4.74 Å². The first kappa shape index (κ1) is 12.3. The highest BCUT2D eigenvalue weighted by Crippen LogP contribution is 2.27. The minimum absolute atomic E-state index is 0.549. The molecule has 0 radical (unpaired) electrons. The van der Waals surface area contributed by atoms with Crippen molar-refractivity contribution < 1.29 is 4.74 Å². The van der Waals surface area contributed by atoms with E-state index in [2.05, 4.69) is 21.5 Å². The smallest absolute Gasteiger partial charge is 0.137 e. The normalized spacial score (nSPS) is 22.1. The summed E-state index contributed by atoms with van der Waals surface area (Å²) < 4.78 is 5.24. The molecule has 2 heterocycles. The molecule has 0 amide bonds. The summed E-state index contributed by atoms with van der Waals surface area (Å²) >= 11 is 0.